The zero-order chi connectivity index (χ0) is 19.1. The van der Waals surface area contributed by atoms with Crippen molar-refractivity contribution in [3.05, 3.63) is 46.0 Å². The lowest BCUT2D eigenvalue weighted by atomic mass is 9.86. The van der Waals surface area contributed by atoms with E-state index >= 15 is 0 Å². The maximum atomic E-state index is 12.8. The second-order valence-corrected chi connectivity index (χ2v) is 7.43. The normalized spacial score (nSPS) is 20.5. The minimum absolute atomic E-state index is 0.0158. The van der Waals surface area contributed by atoms with Crippen LogP contribution in [0, 0.1) is 16.0 Å². The van der Waals surface area contributed by atoms with Gasteiger partial charge in [0, 0.05) is 37.3 Å². The molecule has 0 saturated heterocycles. The second-order valence-electron chi connectivity index (χ2n) is 7.43. The van der Waals surface area contributed by atoms with Crippen LogP contribution in [0.3, 0.4) is 0 Å². The predicted octanol–water partition coefficient (Wildman–Crippen LogP) is 3.58. The number of carbonyl (C=O) groups excluding carboxylic acids is 1. The third kappa shape index (κ3) is 5.95. The van der Waals surface area contributed by atoms with Crippen molar-refractivity contribution in [1.29, 1.82) is 0 Å². The molecule has 0 radical (unpaired) electrons. The van der Waals surface area contributed by atoms with Gasteiger partial charge in [-0.2, -0.15) is 0 Å². The van der Waals surface area contributed by atoms with Gasteiger partial charge in [-0.05, 0) is 57.3 Å². The minimum atomic E-state index is -0.425. The molecule has 0 aromatic heterocycles. The van der Waals surface area contributed by atoms with E-state index < -0.39 is 4.92 Å². The molecule has 26 heavy (non-hydrogen) atoms. The first-order valence-corrected chi connectivity index (χ1v) is 9.24. The van der Waals surface area contributed by atoms with E-state index in [1.165, 1.54) is 12.1 Å². The largest absolute Gasteiger partial charge is 0.335 e. The molecular formula is C20H29N3O3. The summed E-state index contributed by atoms with van der Waals surface area (Å²) in [6.07, 6.45) is 7.63. The molecule has 1 amide bonds. The highest BCUT2D eigenvalue weighted by Gasteiger charge is 2.26. The van der Waals surface area contributed by atoms with E-state index in [-0.39, 0.29) is 17.6 Å². The number of rotatable bonds is 7. The van der Waals surface area contributed by atoms with E-state index in [4.69, 9.17) is 0 Å². The summed E-state index contributed by atoms with van der Waals surface area (Å²) in [5.41, 5.74) is 0.697. The van der Waals surface area contributed by atoms with Gasteiger partial charge in [-0.15, -0.1) is 0 Å². The van der Waals surface area contributed by atoms with E-state index in [0.29, 0.717) is 12.1 Å². The molecule has 1 aromatic carbocycles. The summed E-state index contributed by atoms with van der Waals surface area (Å²) in [7, 11) is 4.01. The molecule has 6 nitrogen and oxygen atoms in total. The van der Waals surface area contributed by atoms with Crippen LogP contribution in [-0.2, 0) is 4.79 Å². The third-order valence-electron chi connectivity index (χ3n) is 5.00. The topological polar surface area (TPSA) is 66.7 Å². The molecule has 0 atom stereocenters. The monoisotopic (exact) mass is 359 g/mol. The Morgan fingerprint density at radius 2 is 1.92 bits per heavy atom. The minimum Gasteiger partial charge on any atom is -0.335 e. The highest BCUT2D eigenvalue weighted by molar-refractivity contribution is 5.92. The lowest BCUT2D eigenvalue weighted by Gasteiger charge is -2.36. The van der Waals surface area contributed by atoms with Gasteiger partial charge < -0.3 is 9.80 Å². The van der Waals surface area contributed by atoms with Gasteiger partial charge in [-0.1, -0.05) is 19.1 Å². The summed E-state index contributed by atoms with van der Waals surface area (Å²) in [6, 6.07) is 6.62. The number of benzene rings is 1. The summed E-state index contributed by atoms with van der Waals surface area (Å²) >= 11 is 0. The summed E-state index contributed by atoms with van der Waals surface area (Å²) in [6.45, 7) is 3.79. The summed E-state index contributed by atoms with van der Waals surface area (Å²) in [5.74, 6) is 0.718. The number of carbonyl (C=O) groups is 1. The maximum Gasteiger partial charge on any atom is 0.270 e. The van der Waals surface area contributed by atoms with Crippen molar-refractivity contribution in [1.82, 2.24) is 9.80 Å². The molecule has 0 spiro atoms. The lowest BCUT2D eigenvalue weighted by Crippen LogP contribution is -2.44. The zero-order valence-electron chi connectivity index (χ0n) is 15.9. The lowest BCUT2D eigenvalue weighted by molar-refractivity contribution is -0.384. The molecule has 1 saturated carbocycles. The number of nitro groups is 1. The van der Waals surface area contributed by atoms with Gasteiger partial charge in [-0.25, -0.2) is 0 Å². The Labute approximate surface area is 155 Å². The predicted molar refractivity (Wildman–Crippen MR) is 104 cm³/mol. The van der Waals surface area contributed by atoms with Crippen LogP contribution in [0.25, 0.3) is 6.08 Å². The van der Waals surface area contributed by atoms with Crippen molar-refractivity contribution in [3.8, 4) is 0 Å². The Balaban J connectivity index is 2.09. The molecular weight excluding hydrogens is 330 g/mol. The van der Waals surface area contributed by atoms with Crippen LogP contribution < -0.4 is 0 Å². The zero-order valence-corrected chi connectivity index (χ0v) is 15.9. The fourth-order valence-electron chi connectivity index (χ4n) is 3.34. The van der Waals surface area contributed by atoms with Gasteiger partial charge in [0.15, 0.2) is 0 Å². The van der Waals surface area contributed by atoms with Crippen molar-refractivity contribution in [2.45, 2.75) is 38.6 Å². The highest BCUT2D eigenvalue weighted by atomic mass is 16.6. The molecule has 2 rings (SSSR count). The highest BCUT2D eigenvalue weighted by Crippen LogP contribution is 2.27. The van der Waals surface area contributed by atoms with Crippen molar-refractivity contribution in [2.75, 3.05) is 27.2 Å². The van der Waals surface area contributed by atoms with Gasteiger partial charge in [0.25, 0.3) is 5.69 Å². The van der Waals surface area contributed by atoms with Crippen molar-refractivity contribution >= 4 is 17.7 Å². The summed E-state index contributed by atoms with van der Waals surface area (Å²) in [5, 5.41) is 10.9. The molecule has 1 aromatic rings. The molecule has 0 heterocycles. The smallest absolute Gasteiger partial charge is 0.270 e. The maximum absolute atomic E-state index is 12.8. The van der Waals surface area contributed by atoms with E-state index in [2.05, 4.69) is 11.8 Å². The Morgan fingerprint density at radius 3 is 2.54 bits per heavy atom. The first kappa shape index (κ1) is 20.1. The van der Waals surface area contributed by atoms with E-state index in [9.17, 15) is 14.9 Å². The van der Waals surface area contributed by atoms with E-state index in [1.54, 1.807) is 24.3 Å². The second kappa shape index (κ2) is 9.48. The van der Waals surface area contributed by atoms with Crippen LogP contribution >= 0.6 is 0 Å². The number of nitrogens with zero attached hydrogens (tertiary/aromatic N) is 3. The number of non-ortho nitro benzene ring substituents is 1. The molecule has 0 N–H and O–H groups in total. The van der Waals surface area contributed by atoms with Crippen LogP contribution in [0.5, 0.6) is 0 Å². The van der Waals surface area contributed by atoms with Gasteiger partial charge in [0.05, 0.1) is 4.92 Å². The Kier molecular flexibility index (Phi) is 7.33. The first-order valence-electron chi connectivity index (χ1n) is 9.24. The van der Waals surface area contributed by atoms with E-state index in [0.717, 1.165) is 38.1 Å². The summed E-state index contributed by atoms with van der Waals surface area (Å²) in [4.78, 5) is 27.3. The van der Waals surface area contributed by atoms with Crippen LogP contribution in [0.4, 0.5) is 5.69 Å². The molecule has 142 valence electrons. The number of nitro benzene ring substituents is 1. The fourth-order valence-corrected chi connectivity index (χ4v) is 3.34. The van der Waals surface area contributed by atoms with Gasteiger partial charge in [-0.3, -0.25) is 14.9 Å². The van der Waals surface area contributed by atoms with Crippen molar-refractivity contribution in [3.63, 3.8) is 0 Å². The van der Waals surface area contributed by atoms with E-state index in [1.807, 2.05) is 19.0 Å². The van der Waals surface area contributed by atoms with Gasteiger partial charge >= 0.3 is 0 Å². The SMILES string of the molecule is CC1CCC(N(CCN(C)C)C(=O)C=Cc2cccc([N+](=O)[O-])c2)CC1. The number of hydrogen-bond acceptors (Lipinski definition) is 4. The van der Waals surface area contributed by atoms with Crippen LogP contribution in [0.15, 0.2) is 30.3 Å². The van der Waals surface area contributed by atoms with Gasteiger partial charge in [0.2, 0.25) is 5.91 Å². The standard InChI is InChI=1S/C20H29N3O3/c1-16-7-10-18(11-8-16)22(14-13-21(2)3)20(24)12-9-17-5-4-6-19(15-17)23(25)26/h4-6,9,12,15-16,18H,7-8,10-11,13-14H2,1-3H3. The van der Waals surface area contributed by atoms with Crippen molar-refractivity contribution in [2.24, 2.45) is 5.92 Å². The Morgan fingerprint density at radius 1 is 1.23 bits per heavy atom. The van der Waals surface area contributed by atoms with Crippen LogP contribution in [-0.4, -0.2) is 53.9 Å². The average molecular weight is 359 g/mol. The molecule has 1 aliphatic carbocycles. The molecule has 1 fully saturated rings. The Bertz CT molecular complexity index is 649. The average Bonchev–Trinajstić information content (AvgIpc) is 2.61. The number of hydrogen-bond donors (Lipinski definition) is 0. The van der Waals surface area contributed by atoms with Gasteiger partial charge in [0.1, 0.15) is 0 Å². The fraction of sp³-hybridized carbons (Fsp3) is 0.550. The molecule has 6 heteroatoms. The summed E-state index contributed by atoms with van der Waals surface area (Å²) < 4.78 is 0. The number of amides is 1. The molecule has 1 aliphatic rings. The molecule has 0 aliphatic heterocycles. The van der Waals surface area contributed by atoms with Crippen LogP contribution in [0.1, 0.15) is 38.2 Å². The first-order chi connectivity index (χ1) is 12.4. The Hall–Kier alpha value is -2.21. The molecule has 0 bridgehead atoms. The van der Waals surface area contributed by atoms with Crippen molar-refractivity contribution < 1.29 is 9.72 Å². The third-order valence-corrected chi connectivity index (χ3v) is 5.00. The van der Waals surface area contributed by atoms with Crippen LogP contribution in [0.2, 0.25) is 0 Å². The quantitative estimate of drug-likeness (QED) is 0.424. The number of likely N-dealkylation sites (N-methyl/N-ethyl adjacent to an activating group) is 1. The molecule has 0 unspecified atom stereocenters.